The van der Waals surface area contributed by atoms with Gasteiger partial charge in [0.2, 0.25) is 11.8 Å². The van der Waals surface area contributed by atoms with Crippen molar-refractivity contribution < 1.29 is 14.7 Å². The van der Waals surface area contributed by atoms with E-state index in [1.54, 1.807) is 32.4 Å². The van der Waals surface area contributed by atoms with Gasteiger partial charge in [-0.15, -0.1) is 11.3 Å². The van der Waals surface area contributed by atoms with Crippen LogP contribution in [-0.4, -0.2) is 71.3 Å². The second-order valence-corrected chi connectivity index (χ2v) is 9.11. The minimum absolute atomic E-state index is 0.0804. The Morgan fingerprint density at radius 3 is 2.53 bits per heavy atom. The van der Waals surface area contributed by atoms with Gasteiger partial charge in [-0.1, -0.05) is 24.3 Å². The van der Waals surface area contributed by atoms with E-state index in [0.29, 0.717) is 6.54 Å². The second kappa shape index (κ2) is 10.1. The lowest BCUT2D eigenvalue weighted by Gasteiger charge is -2.37. The van der Waals surface area contributed by atoms with Gasteiger partial charge in [0.15, 0.2) is 0 Å². The molecular formula is C22H32N6O3S. The maximum Gasteiger partial charge on any atom is 0.243 e. The van der Waals surface area contributed by atoms with Gasteiger partial charge in [-0.3, -0.25) is 9.59 Å². The summed E-state index contributed by atoms with van der Waals surface area (Å²) in [5.41, 5.74) is 10.2. The molecule has 6 N–H and O–H groups in total. The zero-order valence-corrected chi connectivity index (χ0v) is 19.7. The van der Waals surface area contributed by atoms with Gasteiger partial charge in [0.05, 0.1) is 27.8 Å². The maximum atomic E-state index is 13.0. The monoisotopic (exact) mass is 460 g/mol. The summed E-state index contributed by atoms with van der Waals surface area (Å²) in [6.07, 6.45) is -0.580. The van der Waals surface area contributed by atoms with Crippen LogP contribution in [0.5, 0.6) is 0 Å². The molecule has 0 spiro atoms. The fraction of sp³-hybridized carbons (Fsp3) is 0.500. The van der Waals surface area contributed by atoms with Crippen LogP contribution in [0.25, 0.3) is 10.4 Å². The Balaban J connectivity index is 1.64. The van der Waals surface area contributed by atoms with Gasteiger partial charge >= 0.3 is 0 Å². The molecule has 1 aromatic carbocycles. The summed E-state index contributed by atoms with van der Waals surface area (Å²) >= 11 is 1.59. The average molecular weight is 461 g/mol. The summed E-state index contributed by atoms with van der Waals surface area (Å²) in [5.74, 6) is -0.697. The van der Waals surface area contributed by atoms with Gasteiger partial charge in [-0.05, 0) is 39.1 Å². The number of aryl methyl sites for hydroxylation is 1. The van der Waals surface area contributed by atoms with Crippen LogP contribution >= 0.6 is 11.3 Å². The molecule has 10 heteroatoms. The number of hydrogen-bond acceptors (Lipinski definition) is 8. The van der Waals surface area contributed by atoms with Crippen molar-refractivity contribution in [1.29, 1.82) is 0 Å². The van der Waals surface area contributed by atoms with Crippen molar-refractivity contribution in [3.05, 3.63) is 41.0 Å². The Labute approximate surface area is 192 Å². The molecule has 0 bridgehead atoms. The van der Waals surface area contributed by atoms with Crippen molar-refractivity contribution in [3.63, 3.8) is 0 Å². The Morgan fingerprint density at radius 1 is 1.31 bits per heavy atom. The molecule has 2 aromatic rings. The number of β-amino-alcohol motifs (C(OH)–C–C–N with tert-alkyl or cyclic N) is 1. The maximum absolute atomic E-state index is 13.0. The topological polar surface area (TPSA) is 133 Å². The largest absolute Gasteiger partial charge is 0.391 e. The van der Waals surface area contributed by atoms with Gasteiger partial charge < -0.3 is 31.7 Å². The molecule has 32 heavy (non-hydrogen) atoms. The number of benzene rings is 1. The van der Waals surface area contributed by atoms with Crippen molar-refractivity contribution in [3.8, 4) is 10.4 Å². The van der Waals surface area contributed by atoms with Crippen LogP contribution in [0.4, 0.5) is 0 Å². The highest BCUT2D eigenvalue weighted by atomic mass is 32.1. The minimum Gasteiger partial charge on any atom is -0.391 e. The molecule has 0 radical (unpaired) electrons. The molecule has 1 aromatic heterocycles. The Morgan fingerprint density at radius 2 is 1.97 bits per heavy atom. The number of thiazole rings is 1. The third kappa shape index (κ3) is 5.00. The molecule has 174 valence electrons. The number of hydrogen-bond donors (Lipinski definition) is 5. The molecule has 9 nitrogen and oxygen atoms in total. The van der Waals surface area contributed by atoms with Gasteiger partial charge in [0, 0.05) is 19.5 Å². The molecule has 2 heterocycles. The Hall–Kier alpha value is -2.37. The number of nitrogens with zero attached hydrogens (tertiary/aromatic N) is 2. The lowest BCUT2D eigenvalue weighted by atomic mass is 10.0. The van der Waals surface area contributed by atoms with Crippen LogP contribution < -0.4 is 21.7 Å². The Bertz CT molecular complexity index is 943. The molecule has 3 rings (SSSR count). The van der Waals surface area contributed by atoms with Crippen molar-refractivity contribution in [2.24, 2.45) is 5.73 Å². The van der Waals surface area contributed by atoms with E-state index in [-0.39, 0.29) is 18.9 Å². The first-order valence-corrected chi connectivity index (χ1v) is 11.5. The zero-order valence-electron chi connectivity index (χ0n) is 18.9. The summed E-state index contributed by atoms with van der Waals surface area (Å²) in [5, 5.41) is 19.0. The molecule has 3 atom stereocenters. The van der Waals surface area contributed by atoms with Crippen molar-refractivity contribution >= 4 is 23.2 Å². The van der Waals surface area contributed by atoms with Crippen LogP contribution in [0, 0.1) is 6.92 Å². The summed E-state index contributed by atoms with van der Waals surface area (Å²) in [4.78, 5) is 32.7. The second-order valence-electron chi connectivity index (χ2n) is 8.26. The molecule has 1 saturated heterocycles. The molecular weight excluding hydrogens is 428 g/mol. The average Bonchev–Trinajstić information content (AvgIpc) is 3.41. The van der Waals surface area contributed by atoms with E-state index in [9.17, 15) is 14.7 Å². The minimum atomic E-state index is -0.930. The quantitative estimate of drug-likeness (QED) is 0.355. The first-order valence-electron chi connectivity index (χ1n) is 10.6. The highest BCUT2D eigenvalue weighted by molar-refractivity contribution is 7.13. The molecule has 1 fully saturated rings. The fourth-order valence-electron chi connectivity index (χ4n) is 3.83. The number of nitrogens with one attached hydrogen (secondary N) is 3. The number of likely N-dealkylation sites (tertiary alicyclic amines) is 1. The van der Waals surface area contributed by atoms with Crippen LogP contribution in [-0.2, 0) is 16.1 Å². The molecule has 0 unspecified atom stereocenters. The van der Waals surface area contributed by atoms with E-state index >= 15 is 0 Å². The zero-order chi connectivity index (χ0) is 23.5. The predicted octanol–water partition coefficient (Wildman–Crippen LogP) is 0.179. The summed E-state index contributed by atoms with van der Waals surface area (Å²) in [6.45, 7) is 4.16. The third-order valence-corrected chi connectivity index (χ3v) is 7.20. The van der Waals surface area contributed by atoms with Crippen LogP contribution in [0.3, 0.4) is 0 Å². The van der Waals surface area contributed by atoms with Gasteiger partial charge in [0.25, 0.3) is 0 Å². The highest BCUT2D eigenvalue weighted by Gasteiger charge is 2.44. The van der Waals surface area contributed by atoms with Crippen molar-refractivity contribution in [2.75, 3.05) is 20.6 Å². The first-order chi connectivity index (χ1) is 15.2. The van der Waals surface area contributed by atoms with E-state index < -0.39 is 29.8 Å². The van der Waals surface area contributed by atoms with Crippen LogP contribution in [0.2, 0.25) is 0 Å². The number of rotatable bonds is 8. The van der Waals surface area contributed by atoms with Crippen molar-refractivity contribution in [1.82, 2.24) is 25.8 Å². The van der Waals surface area contributed by atoms with E-state index in [4.69, 9.17) is 5.73 Å². The van der Waals surface area contributed by atoms with Crippen LogP contribution in [0.15, 0.2) is 29.8 Å². The molecule has 1 aliphatic heterocycles. The van der Waals surface area contributed by atoms with Crippen LogP contribution in [0.1, 0.15) is 24.6 Å². The number of amides is 2. The number of carbonyl (C=O) groups is 2. The number of aliphatic hydroxyl groups is 1. The number of carbonyl (C=O) groups excluding carboxylic acids is 2. The first kappa shape index (κ1) is 24.3. The SMILES string of the molecule is CNC(C)(NC)[C@H](N)C(=O)N1C[C@H](O)C[C@H]1C(=O)NCc1ccc(-c2scnc2C)cc1. The molecule has 0 aliphatic carbocycles. The normalized spacial score (nSPS) is 19.8. The standard InChI is InChI=1S/C22H32N6O3S/c1-13-18(32-12-27-13)15-7-5-14(6-8-15)10-26-20(30)17-9-16(29)11-28(17)21(31)19(23)22(2,24-3)25-4/h5-8,12,16-17,19,24-25,29H,9-11,23H2,1-4H3,(H,26,30)/t16-,17+,19-/m1/s1. The Kier molecular flexibility index (Phi) is 7.63. The van der Waals surface area contributed by atoms with Gasteiger partial charge in [-0.25, -0.2) is 4.98 Å². The smallest absolute Gasteiger partial charge is 0.243 e. The van der Waals surface area contributed by atoms with Gasteiger partial charge in [0.1, 0.15) is 12.1 Å². The third-order valence-electron chi connectivity index (χ3n) is 6.22. The predicted molar refractivity (Wildman–Crippen MR) is 125 cm³/mol. The summed E-state index contributed by atoms with van der Waals surface area (Å²) < 4.78 is 0. The number of likely N-dealkylation sites (N-methyl/N-ethyl adjacent to an activating group) is 2. The molecule has 1 aliphatic rings. The lowest BCUT2D eigenvalue weighted by molar-refractivity contribution is -0.141. The lowest BCUT2D eigenvalue weighted by Crippen LogP contribution is -2.68. The number of nitrogens with two attached hydrogens (primary N) is 1. The number of aliphatic hydroxyl groups excluding tert-OH is 1. The molecule has 2 amide bonds. The number of aromatic nitrogens is 1. The van der Waals surface area contributed by atoms with E-state index in [1.165, 1.54) is 4.90 Å². The van der Waals surface area contributed by atoms with E-state index in [2.05, 4.69) is 20.9 Å². The summed E-state index contributed by atoms with van der Waals surface area (Å²) in [7, 11) is 3.41. The van der Waals surface area contributed by atoms with E-state index in [0.717, 1.165) is 21.7 Å². The summed E-state index contributed by atoms with van der Waals surface area (Å²) in [6, 6.07) is 6.24. The molecule has 0 saturated carbocycles. The van der Waals surface area contributed by atoms with Gasteiger partial charge in [-0.2, -0.15) is 0 Å². The fourth-order valence-corrected chi connectivity index (χ4v) is 4.64. The van der Waals surface area contributed by atoms with Crippen molar-refractivity contribution in [2.45, 2.75) is 50.7 Å². The highest BCUT2D eigenvalue weighted by Crippen LogP contribution is 2.27. The van der Waals surface area contributed by atoms with E-state index in [1.807, 2.05) is 36.7 Å².